The summed E-state index contributed by atoms with van der Waals surface area (Å²) < 4.78 is 9.89. The molecule has 0 aliphatic heterocycles. The Bertz CT molecular complexity index is 369. The molecule has 0 aliphatic rings. The predicted octanol–water partition coefficient (Wildman–Crippen LogP) is 3.90. The van der Waals surface area contributed by atoms with Crippen LogP contribution >= 0.6 is 11.6 Å². The summed E-state index contributed by atoms with van der Waals surface area (Å²) in [6.45, 7) is 6.23. The smallest absolute Gasteiger partial charge is 0.433 e. The van der Waals surface area contributed by atoms with E-state index >= 15 is 0 Å². The van der Waals surface area contributed by atoms with Gasteiger partial charge in [0.2, 0.25) is 0 Å². The van der Waals surface area contributed by atoms with Gasteiger partial charge in [0.1, 0.15) is 5.75 Å². The molecule has 0 atom stereocenters. The van der Waals surface area contributed by atoms with Gasteiger partial charge in [0.25, 0.3) is 0 Å². The molecule has 0 N–H and O–H groups in total. The van der Waals surface area contributed by atoms with Crippen LogP contribution in [0.3, 0.4) is 0 Å². The highest BCUT2D eigenvalue weighted by Gasteiger charge is 2.14. The average molecular weight is 243 g/mol. The fourth-order valence-corrected chi connectivity index (χ4v) is 1.11. The number of hydrogen-bond acceptors (Lipinski definition) is 3. The van der Waals surface area contributed by atoms with Crippen molar-refractivity contribution in [2.45, 2.75) is 20.8 Å². The second-order valence-corrected chi connectivity index (χ2v) is 5.10. The maximum absolute atomic E-state index is 11.3. The summed E-state index contributed by atoms with van der Waals surface area (Å²) in [5.74, 6) is 0.381. The standard InChI is InChI=1S/C12H15ClO3/c1-12(2,3)8-15-11(14)16-10-6-4-5-9(13)7-10/h4-7H,8H2,1-3H3. The quantitative estimate of drug-likeness (QED) is 0.583. The topological polar surface area (TPSA) is 35.5 Å². The summed E-state index contributed by atoms with van der Waals surface area (Å²) in [6.07, 6.45) is -0.711. The van der Waals surface area contributed by atoms with Crippen LogP contribution in [0.2, 0.25) is 5.02 Å². The molecule has 0 bridgehead atoms. The summed E-state index contributed by atoms with van der Waals surface area (Å²) in [5.41, 5.74) is -0.0760. The SMILES string of the molecule is CC(C)(C)COC(=O)Oc1cccc(Cl)c1. The van der Waals surface area contributed by atoms with Crippen LogP contribution in [0.4, 0.5) is 4.79 Å². The Morgan fingerprint density at radius 3 is 2.62 bits per heavy atom. The van der Waals surface area contributed by atoms with Crippen molar-refractivity contribution in [1.82, 2.24) is 0 Å². The van der Waals surface area contributed by atoms with Gasteiger partial charge in [-0.2, -0.15) is 0 Å². The molecular weight excluding hydrogens is 228 g/mol. The van der Waals surface area contributed by atoms with Crippen LogP contribution in [0.25, 0.3) is 0 Å². The molecule has 88 valence electrons. The number of rotatable bonds is 2. The lowest BCUT2D eigenvalue weighted by Crippen LogP contribution is -2.20. The van der Waals surface area contributed by atoms with Crippen LogP contribution < -0.4 is 4.74 Å². The highest BCUT2D eigenvalue weighted by atomic mass is 35.5. The molecule has 0 aliphatic carbocycles. The molecule has 0 spiro atoms. The molecule has 0 fully saturated rings. The summed E-state index contributed by atoms with van der Waals surface area (Å²) in [7, 11) is 0. The number of ether oxygens (including phenoxy) is 2. The summed E-state index contributed by atoms with van der Waals surface area (Å²) in [6, 6.07) is 6.60. The zero-order chi connectivity index (χ0) is 12.2. The van der Waals surface area contributed by atoms with Crippen molar-refractivity contribution < 1.29 is 14.3 Å². The molecule has 0 radical (unpaired) electrons. The van der Waals surface area contributed by atoms with Gasteiger partial charge in [-0.3, -0.25) is 0 Å². The van der Waals surface area contributed by atoms with E-state index in [1.807, 2.05) is 20.8 Å². The van der Waals surface area contributed by atoms with E-state index in [1.54, 1.807) is 24.3 Å². The Balaban J connectivity index is 2.46. The lowest BCUT2D eigenvalue weighted by Gasteiger charge is -2.17. The molecule has 0 unspecified atom stereocenters. The fourth-order valence-electron chi connectivity index (χ4n) is 0.932. The molecule has 1 aromatic carbocycles. The van der Waals surface area contributed by atoms with Crippen LogP contribution in [-0.4, -0.2) is 12.8 Å². The molecule has 0 heterocycles. The minimum atomic E-state index is -0.711. The van der Waals surface area contributed by atoms with Gasteiger partial charge in [0.15, 0.2) is 0 Å². The van der Waals surface area contributed by atoms with E-state index in [9.17, 15) is 4.79 Å². The van der Waals surface area contributed by atoms with E-state index in [4.69, 9.17) is 21.1 Å². The first-order chi connectivity index (χ1) is 7.37. The summed E-state index contributed by atoms with van der Waals surface area (Å²) >= 11 is 5.75. The van der Waals surface area contributed by atoms with Crippen molar-refractivity contribution in [3.8, 4) is 5.75 Å². The van der Waals surface area contributed by atoms with Gasteiger partial charge in [-0.05, 0) is 23.6 Å². The highest BCUT2D eigenvalue weighted by Crippen LogP contribution is 2.18. The van der Waals surface area contributed by atoms with Gasteiger partial charge >= 0.3 is 6.16 Å². The van der Waals surface area contributed by atoms with Gasteiger partial charge in [-0.1, -0.05) is 38.4 Å². The van der Waals surface area contributed by atoms with Crippen molar-refractivity contribution >= 4 is 17.8 Å². The fraction of sp³-hybridized carbons (Fsp3) is 0.417. The Morgan fingerprint density at radius 1 is 1.38 bits per heavy atom. The normalized spacial score (nSPS) is 11.0. The summed E-state index contributed by atoms with van der Waals surface area (Å²) in [4.78, 5) is 11.3. The van der Waals surface area contributed by atoms with E-state index in [1.165, 1.54) is 0 Å². The third-order valence-electron chi connectivity index (χ3n) is 1.62. The van der Waals surface area contributed by atoms with Gasteiger partial charge in [-0.25, -0.2) is 4.79 Å². The van der Waals surface area contributed by atoms with E-state index in [0.29, 0.717) is 17.4 Å². The molecule has 4 heteroatoms. The zero-order valence-corrected chi connectivity index (χ0v) is 10.4. The Hall–Kier alpha value is -1.22. The van der Waals surface area contributed by atoms with Gasteiger partial charge in [-0.15, -0.1) is 0 Å². The molecule has 1 aromatic rings. The highest BCUT2D eigenvalue weighted by molar-refractivity contribution is 6.30. The Kier molecular flexibility index (Phi) is 4.19. The number of carbonyl (C=O) groups is 1. The van der Waals surface area contributed by atoms with Crippen molar-refractivity contribution in [3.63, 3.8) is 0 Å². The predicted molar refractivity (Wildman–Crippen MR) is 62.9 cm³/mol. The van der Waals surface area contributed by atoms with Gasteiger partial charge in [0.05, 0.1) is 6.61 Å². The first kappa shape index (κ1) is 12.8. The van der Waals surface area contributed by atoms with Gasteiger partial charge in [0, 0.05) is 5.02 Å². The first-order valence-corrected chi connectivity index (χ1v) is 5.35. The van der Waals surface area contributed by atoms with E-state index in [-0.39, 0.29) is 5.41 Å². The van der Waals surface area contributed by atoms with Crippen LogP contribution in [0, 0.1) is 5.41 Å². The van der Waals surface area contributed by atoms with E-state index in [0.717, 1.165) is 0 Å². The van der Waals surface area contributed by atoms with E-state index in [2.05, 4.69) is 0 Å². The van der Waals surface area contributed by atoms with Crippen LogP contribution in [-0.2, 0) is 4.74 Å². The third kappa shape index (κ3) is 5.03. The maximum atomic E-state index is 11.3. The third-order valence-corrected chi connectivity index (χ3v) is 1.86. The van der Waals surface area contributed by atoms with Crippen molar-refractivity contribution in [2.24, 2.45) is 5.41 Å². The number of hydrogen-bond donors (Lipinski definition) is 0. The van der Waals surface area contributed by atoms with Crippen molar-refractivity contribution in [3.05, 3.63) is 29.3 Å². The minimum Gasteiger partial charge on any atom is -0.433 e. The molecule has 0 aromatic heterocycles. The number of halogens is 1. The second-order valence-electron chi connectivity index (χ2n) is 4.66. The molecule has 0 saturated carbocycles. The Morgan fingerprint density at radius 2 is 2.06 bits per heavy atom. The lowest BCUT2D eigenvalue weighted by atomic mass is 9.99. The van der Waals surface area contributed by atoms with Gasteiger partial charge < -0.3 is 9.47 Å². The minimum absolute atomic E-state index is 0.0760. The molecule has 0 saturated heterocycles. The zero-order valence-electron chi connectivity index (χ0n) is 9.62. The Labute approximate surface area is 100 Å². The number of benzene rings is 1. The first-order valence-electron chi connectivity index (χ1n) is 4.97. The maximum Gasteiger partial charge on any atom is 0.513 e. The van der Waals surface area contributed by atoms with Crippen LogP contribution in [0.5, 0.6) is 5.75 Å². The van der Waals surface area contributed by atoms with Crippen LogP contribution in [0.1, 0.15) is 20.8 Å². The second kappa shape index (κ2) is 5.21. The lowest BCUT2D eigenvalue weighted by molar-refractivity contribution is 0.0685. The largest absolute Gasteiger partial charge is 0.513 e. The van der Waals surface area contributed by atoms with Crippen LogP contribution in [0.15, 0.2) is 24.3 Å². The molecule has 1 rings (SSSR count). The molecular formula is C12H15ClO3. The average Bonchev–Trinajstić information content (AvgIpc) is 2.14. The monoisotopic (exact) mass is 242 g/mol. The summed E-state index contributed by atoms with van der Waals surface area (Å²) in [5, 5.41) is 0.515. The molecule has 3 nitrogen and oxygen atoms in total. The number of carbonyl (C=O) groups excluding carboxylic acids is 1. The molecule has 16 heavy (non-hydrogen) atoms. The van der Waals surface area contributed by atoms with Crippen molar-refractivity contribution in [1.29, 1.82) is 0 Å². The molecule has 0 amide bonds. The van der Waals surface area contributed by atoms with E-state index < -0.39 is 6.16 Å². The van der Waals surface area contributed by atoms with Crippen molar-refractivity contribution in [2.75, 3.05) is 6.61 Å².